The lowest BCUT2D eigenvalue weighted by Gasteiger charge is -2.22. The van der Waals surface area contributed by atoms with Gasteiger partial charge in [0.05, 0.1) is 6.54 Å². The summed E-state index contributed by atoms with van der Waals surface area (Å²) in [5.41, 5.74) is 0. The maximum Gasteiger partial charge on any atom is 0.172 e. The van der Waals surface area contributed by atoms with E-state index in [0.717, 1.165) is 26.1 Å². The average Bonchev–Trinajstić information content (AvgIpc) is 2.15. The first-order valence-corrected chi connectivity index (χ1v) is 5.47. The minimum Gasteiger partial charge on any atom is -0.377 e. The molecule has 0 atom stereocenters. The minimum atomic E-state index is 0.157. The number of hydrogen-bond donors (Lipinski definition) is 0. The van der Waals surface area contributed by atoms with Gasteiger partial charge in [0.25, 0.3) is 0 Å². The highest BCUT2D eigenvalue weighted by atomic mass is 16.5. The van der Waals surface area contributed by atoms with E-state index in [4.69, 9.17) is 4.74 Å². The van der Waals surface area contributed by atoms with E-state index in [2.05, 4.69) is 16.7 Å². The molecule has 0 radical (unpaired) electrons. The second-order valence-corrected chi connectivity index (χ2v) is 4.05. The highest BCUT2D eigenvalue weighted by Crippen LogP contribution is 1.93. The molecular formula is C11H24N2O2. The van der Waals surface area contributed by atoms with Crippen molar-refractivity contribution < 1.29 is 9.53 Å². The number of carbonyl (C=O) groups is 1. The molecular weight excluding hydrogens is 192 g/mol. The molecule has 0 rings (SSSR count). The Bertz CT molecular complexity index is 172. The molecule has 0 aromatic rings. The quantitative estimate of drug-likeness (QED) is 0.561. The number of carbonyl (C=O) groups excluding carboxylic acids is 1. The topological polar surface area (TPSA) is 32.8 Å². The van der Waals surface area contributed by atoms with Crippen LogP contribution in [-0.4, -0.2) is 69.6 Å². The second-order valence-electron chi connectivity index (χ2n) is 4.05. The van der Waals surface area contributed by atoms with Gasteiger partial charge in [-0.2, -0.15) is 0 Å². The number of ether oxygens (including phenoxy) is 1. The van der Waals surface area contributed by atoms with Gasteiger partial charge in [-0.3, -0.25) is 9.69 Å². The van der Waals surface area contributed by atoms with Crippen molar-refractivity contribution in [2.45, 2.75) is 13.3 Å². The van der Waals surface area contributed by atoms with Crippen LogP contribution in [0.15, 0.2) is 0 Å². The molecule has 4 nitrogen and oxygen atoms in total. The maximum absolute atomic E-state index is 11.4. The van der Waals surface area contributed by atoms with Gasteiger partial charge < -0.3 is 9.64 Å². The summed E-state index contributed by atoms with van der Waals surface area (Å²) in [5.74, 6) is 0.157. The van der Waals surface area contributed by atoms with E-state index in [1.807, 2.05) is 14.1 Å². The van der Waals surface area contributed by atoms with E-state index in [0.29, 0.717) is 6.54 Å². The molecule has 0 heterocycles. The van der Waals surface area contributed by atoms with Crippen LogP contribution in [0.25, 0.3) is 0 Å². The Hall–Kier alpha value is -0.450. The SMILES string of the molecule is CCCN(CCN(C)C)CC(=O)COC. The van der Waals surface area contributed by atoms with Crippen molar-refractivity contribution >= 4 is 5.78 Å². The smallest absolute Gasteiger partial charge is 0.172 e. The van der Waals surface area contributed by atoms with Crippen LogP contribution in [0.4, 0.5) is 0 Å². The number of Topliss-reactive ketones (excluding diaryl/α,β-unsaturated/α-hetero) is 1. The van der Waals surface area contributed by atoms with Gasteiger partial charge in [0.2, 0.25) is 0 Å². The number of methoxy groups -OCH3 is 1. The zero-order valence-electron chi connectivity index (χ0n) is 10.5. The molecule has 15 heavy (non-hydrogen) atoms. The summed E-state index contributed by atoms with van der Waals surface area (Å²) >= 11 is 0. The monoisotopic (exact) mass is 216 g/mol. The van der Waals surface area contributed by atoms with Crippen LogP contribution in [0.5, 0.6) is 0 Å². The lowest BCUT2D eigenvalue weighted by molar-refractivity contribution is -0.123. The lowest BCUT2D eigenvalue weighted by Crippen LogP contribution is -2.37. The highest BCUT2D eigenvalue weighted by molar-refractivity contribution is 5.81. The molecule has 0 aliphatic heterocycles. The van der Waals surface area contributed by atoms with Crippen molar-refractivity contribution in [1.29, 1.82) is 0 Å². The van der Waals surface area contributed by atoms with Crippen molar-refractivity contribution in [2.75, 3.05) is 54.0 Å². The zero-order valence-corrected chi connectivity index (χ0v) is 10.5. The molecule has 0 spiro atoms. The van der Waals surface area contributed by atoms with Crippen molar-refractivity contribution in [2.24, 2.45) is 0 Å². The van der Waals surface area contributed by atoms with Crippen molar-refractivity contribution in [3.8, 4) is 0 Å². The van der Waals surface area contributed by atoms with Gasteiger partial charge in [0.15, 0.2) is 5.78 Å². The van der Waals surface area contributed by atoms with E-state index in [9.17, 15) is 4.79 Å². The van der Waals surface area contributed by atoms with E-state index in [1.165, 1.54) is 0 Å². The second kappa shape index (κ2) is 8.83. The maximum atomic E-state index is 11.4. The molecule has 0 aromatic heterocycles. The van der Waals surface area contributed by atoms with Gasteiger partial charge in [-0.15, -0.1) is 0 Å². The molecule has 0 N–H and O–H groups in total. The zero-order chi connectivity index (χ0) is 11.7. The minimum absolute atomic E-state index is 0.157. The largest absolute Gasteiger partial charge is 0.377 e. The predicted octanol–water partition coefficient (Wildman–Crippen LogP) is 0.476. The summed E-state index contributed by atoms with van der Waals surface area (Å²) in [5, 5.41) is 0. The van der Waals surface area contributed by atoms with Crippen LogP contribution in [-0.2, 0) is 9.53 Å². The van der Waals surface area contributed by atoms with Gasteiger partial charge in [-0.05, 0) is 27.1 Å². The Balaban J connectivity index is 3.86. The van der Waals surface area contributed by atoms with Crippen molar-refractivity contribution in [3.63, 3.8) is 0 Å². The van der Waals surface area contributed by atoms with Crippen LogP contribution in [0.2, 0.25) is 0 Å². The molecule has 0 saturated carbocycles. The fraction of sp³-hybridized carbons (Fsp3) is 0.909. The molecule has 0 fully saturated rings. The third-order valence-electron chi connectivity index (χ3n) is 2.11. The highest BCUT2D eigenvalue weighted by Gasteiger charge is 2.09. The molecule has 0 aromatic carbocycles. The fourth-order valence-electron chi connectivity index (χ4n) is 1.38. The van der Waals surface area contributed by atoms with Crippen molar-refractivity contribution in [3.05, 3.63) is 0 Å². The van der Waals surface area contributed by atoms with Gasteiger partial charge in [-0.25, -0.2) is 0 Å². The van der Waals surface area contributed by atoms with Gasteiger partial charge >= 0.3 is 0 Å². The van der Waals surface area contributed by atoms with E-state index >= 15 is 0 Å². The standard InChI is InChI=1S/C11H24N2O2/c1-5-6-13(8-7-12(2)3)9-11(14)10-15-4/h5-10H2,1-4H3. The molecule has 0 aliphatic rings. The van der Waals surface area contributed by atoms with E-state index in [-0.39, 0.29) is 12.4 Å². The number of likely N-dealkylation sites (N-methyl/N-ethyl adjacent to an activating group) is 1. The van der Waals surface area contributed by atoms with Crippen LogP contribution in [0.1, 0.15) is 13.3 Å². The third-order valence-corrected chi connectivity index (χ3v) is 2.11. The van der Waals surface area contributed by atoms with Crippen LogP contribution >= 0.6 is 0 Å². The molecule has 0 unspecified atom stereocenters. The predicted molar refractivity (Wildman–Crippen MR) is 62.2 cm³/mol. The van der Waals surface area contributed by atoms with E-state index < -0.39 is 0 Å². The molecule has 0 aliphatic carbocycles. The molecule has 4 heteroatoms. The fourth-order valence-corrected chi connectivity index (χ4v) is 1.38. The summed E-state index contributed by atoms with van der Waals surface area (Å²) in [6.45, 7) is 5.76. The summed E-state index contributed by atoms with van der Waals surface area (Å²) in [4.78, 5) is 15.7. The van der Waals surface area contributed by atoms with Crippen LogP contribution < -0.4 is 0 Å². The first-order valence-electron chi connectivity index (χ1n) is 5.47. The Morgan fingerprint density at radius 2 is 1.87 bits per heavy atom. The molecule has 0 bridgehead atoms. The first kappa shape index (κ1) is 14.6. The van der Waals surface area contributed by atoms with Gasteiger partial charge in [0, 0.05) is 20.2 Å². The summed E-state index contributed by atoms with van der Waals surface area (Å²) in [7, 11) is 5.64. The Kier molecular flexibility index (Phi) is 8.56. The first-order chi connectivity index (χ1) is 7.10. The van der Waals surface area contributed by atoms with Gasteiger partial charge in [-0.1, -0.05) is 6.92 Å². The number of hydrogen-bond acceptors (Lipinski definition) is 4. The van der Waals surface area contributed by atoms with Crippen LogP contribution in [0.3, 0.4) is 0 Å². The molecule has 0 amide bonds. The summed E-state index contributed by atoms with van der Waals surface area (Å²) in [6, 6.07) is 0. The Morgan fingerprint density at radius 1 is 1.20 bits per heavy atom. The summed E-state index contributed by atoms with van der Waals surface area (Å²) in [6.07, 6.45) is 1.08. The normalized spacial score (nSPS) is 11.3. The molecule has 90 valence electrons. The Labute approximate surface area is 93.2 Å². The number of ketones is 1. The Morgan fingerprint density at radius 3 is 2.33 bits per heavy atom. The van der Waals surface area contributed by atoms with Crippen LogP contribution in [0, 0.1) is 0 Å². The molecule has 0 saturated heterocycles. The van der Waals surface area contributed by atoms with Crippen molar-refractivity contribution in [1.82, 2.24) is 9.80 Å². The number of nitrogens with zero attached hydrogens (tertiary/aromatic N) is 2. The average molecular weight is 216 g/mol. The lowest BCUT2D eigenvalue weighted by atomic mass is 10.3. The third kappa shape index (κ3) is 8.54. The van der Waals surface area contributed by atoms with Gasteiger partial charge in [0.1, 0.15) is 6.61 Å². The van der Waals surface area contributed by atoms with E-state index in [1.54, 1.807) is 7.11 Å². The number of rotatable bonds is 9. The summed E-state index contributed by atoms with van der Waals surface area (Å²) < 4.78 is 4.82.